The third-order valence-electron chi connectivity index (χ3n) is 2.74. The minimum atomic E-state index is -0.0566. The number of rotatable bonds is 4. The van der Waals surface area contributed by atoms with Crippen LogP contribution < -0.4 is 10.5 Å². The molecule has 0 spiro atoms. The molecule has 0 saturated heterocycles. The fraction of sp³-hybridized carbons (Fsp3) is 0.462. The summed E-state index contributed by atoms with van der Waals surface area (Å²) in [5, 5.41) is 0. The summed E-state index contributed by atoms with van der Waals surface area (Å²) >= 11 is 0. The fourth-order valence-electron chi connectivity index (χ4n) is 1.81. The molecule has 0 aliphatic heterocycles. The molecule has 0 heterocycles. The first-order chi connectivity index (χ1) is 8.02. The Morgan fingerprint density at radius 3 is 2.59 bits per heavy atom. The summed E-state index contributed by atoms with van der Waals surface area (Å²) in [4.78, 5) is 14.1. The smallest absolute Gasteiger partial charge is 0.256 e. The van der Waals surface area contributed by atoms with E-state index in [2.05, 4.69) is 0 Å². The highest BCUT2D eigenvalue weighted by Gasteiger charge is 2.20. The van der Waals surface area contributed by atoms with Crippen molar-refractivity contribution in [1.29, 1.82) is 0 Å². The number of nitrogens with zero attached hydrogens (tertiary/aromatic N) is 1. The second-order valence-electron chi connectivity index (χ2n) is 4.11. The van der Waals surface area contributed by atoms with Crippen molar-refractivity contribution < 1.29 is 9.53 Å². The molecule has 4 nitrogen and oxygen atoms in total. The van der Waals surface area contributed by atoms with E-state index < -0.39 is 0 Å². The van der Waals surface area contributed by atoms with E-state index in [0.717, 1.165) is 0 Å². The number of nitrogens with two attached hydrogens (primary N) is 1. The van der Waals surface area contributed by atoms with Gasteiger partial charge in [-0.05, 0) is 32.9 Å². The van der Waals surface area contributed by atoms with Crippen LogP contribution >= 0.6 is 0 Å². The van der Waals surface area contributed by atoms with Crippen molar-refractivity contribution in [3.63, 3.8) is 0 Å². The summed E-state index contributed by atoms with van der Waals surface area (Å²) in [6, 6.07) is 5.40. The minimum absolute atomic E-state index is 0.0566. The van der Waals surface area contributed by atoms with E-state index in [9.17, 15) is 4.79 Å². The SMILES string of the molecule is CCN(C(=O)c1cccc(OC)c1N)C(C)C. The van der Waals surface area contributed by atoms with E-state index in [1.54, 1.807) is 30.2 Å². The van der Waals surface area contributed by atoms with E-state index in [4.69, 9.17) is 10.5 Å². The highest BCUT2D eigenvalue weighted by atomic mass is 16.5. The van der Waals surface area contributed by atoms with Gasteiger partial charge in [0.25, 0.3) is 5.91 Å². The molecule has 1 rings (SSSR count). The maximum absolute atomic E-state index is 12.3. The second kappa shape index (κ2) is 5.57. The van der Waals surface area contributed by atoms with Gasteiger partial charge in [0.05, 0.1) is 18.4 Å². The number of carbonyl (C=O) groups is 1. The van der Waals surface area contributed by atoms with Crippen molar-refractivity contribution >= 4 is 11.6 Å². The molecule has 1 aromatic carbocycles. The highest BCUT2D eigenvalue weighted by molar-refractivity contribution is 6.00. The monoisotopic (exact) mass is 236 g/mol. The van der Waals surface area contributed by atoms with Crippen LogP contribution in [-0.2, 0) is 0 Å². The van der Waals surface area contributed by atoms with E-state index in [0.29, 0.717) is 23.5 Å². The maximum Gasteiger partial charge on any atom is 0.256 e. The predicted octanol–water partition coefficient (Wildman–Crippen LogP) is 2.15. The Labute approximate surface area is 102 Å². The zero-order valence-electron chi connectivity index (χ0n) is 10.9. The van der Waals surface area contributed by atoms with Crippen molar-refractivity contribution in [1.82, 2.24) is 4.90 Å². The van der Waals surface area contributed by atoms with Crippen LogP contribution in [0.2, 0.25) is 0 Å². The number of benzene rings is 1. The van der Waals surface area contributed by atoms with Crippen molar-refractivity contribution in [2.75, 3.05) is 19.4 Å². The van der Waals surface area contributed by atoms with Gasteiger partial charge in [-0.15, -0.1) is 0 Å². The zero-order chi connectivity index (χ0) is 13.0. The van der Waals surface area contributed by atoms with Crippen LogP contribution in [0.1, 0.15) is 31.1 Å². The lowest BCUT2D eigenvalue weighted by molar-refractivity contribution is 0.0717. The summed E-state index contributed by atoms with van der Waals surface area (Å²) in [5.41, 5.74) is 6.82. The van der Waals surface area contributed by atoms with Gasteiger partial charge in [-0.25, -0.2) is 0 Å². The zero-order valence-corrected chi connectivity index (χ0v) is 10.9. The molecule has 0 fully saturated rings. The molecule has 0 unspecified atom stereocenters. The Hall–Kier alpha value is -1.71. The van der Waals surface area contributed by atoms with E-state index in [1.807, 2.05) is 20.8 Å². The summed E-state index contributed by atoms with van der Waals surface area (Å²) < 4.78 is 5.11. The number of para-hydroxylation sites is 1. The summed E-state index contributed by atoms with van der Waals surface area (Å²) in [6.07, 6.45) is 0. The molecule has 1 amide bonds. The molecule has 17 heavy (non-hydrogen) atoms. The molecule has 0 aliphatic carbocycles. The Morgan fingerprint density at radius 2 is 2.12 bits per heavy atom. The molecule has 94 valence electrons. The van der Waals surface area contributed by atoms with Crippen LogP contribution in [0.4, 0.5) is 5.69 Å². The van der Waals surface area contributed by atoms with Crippen molar-refractivity contribution in [2.45, 2.75) is 26.8 Å². The molecule has 0 radical (unpaired) electrons. The second-order valence-corrected chi connectivity index (χ2v) is 4.11. The Balaban J connectivity index is 3.11. The number of ether oxygens (including phenoxy) is 1. The number of hydrogen-bond donors (Lipinski definition) is 1. The fourth-order valence-corrected chi connectivity index (χ4v) is 1.81. The Morgan fingerprint density at radius 1 is 1.47 bits per heavy atom. The lowest BCUT2D eigenvalue weighted by Gasteiger charge is -2.26. The lowest BCUT2D eigenvalue weighted by Crippen LogP contribution is -2.37. The number of methoxy groups -OCH3 is 1. The minimum Gasteiger partial charge on any atom is -0.495 e. The third-order valence-corrected chi connectivity index (χ3v) is 2.74. The number of anilines is 1. The van der Waals surface area contributed by atoms with Crippen molar-refractivity contribution in [2.24, 2.45) is 0 Å². The number of amides is 1. The number of hydrogen-bond acceptors (Lipinski definition) is 3. The molecule has 0 aromatic heterocycles. The van der Waals surface area contributed by atoms with E-state index in [-0.39, 0.29) is 11.9 Å². The Kier molecular flexibility index (Phi) is 4.37. The summed E-state index contributed by atoms with van der Waals surface area (Å²) in [5.74, 6) is 0.481. The molecule has 4 heteroatoms. The molecule has 0 saturated carbocycles. The van der Waals surface area contributed by atoms with Gasteiger partial charge in [-0.2, -0.15) is 0 Å². The lowest BCUT2D eigenvalue weighted by atomic mass is 10.1. The van der Waals surface area contributed by atoms with E-state index >= 15 is 0 Å². The molecule has 0 bridgehead atoms. The van der Waals surface area contributed by atoms with Gasteiger partial charge in [0, 0.05) is 12.6 Å². The molecule has 1 aromatic rings. The van der Waals surface area contributed by atoms with Gasteiger partial charge >= 0.3 is 0 Å². The third kappa shape index (κ3) is 2.70. The van der Waals surface area contributed by atoms with E-state index in [1.165, 1.54) is 0 Å². The van der Waals surface area contributed by atoms with Crippen molar-refractivity contribution in [3.8, 4) is 5.75 Å². The number of nitrogen functional groups attached to an aromatic ring is 1. The quantitative estimate of drug-likeness (QED) is 0.815. The molecular weight excluding hydrogens is 216 g/mol. The molecule has 0 atom stereocenters. The average molecular weight is 236 g/mol. The predicted molar refractivity (Wildman–Crippen MR) is 69.3 cm³/mol. The first-order valence-electron chi connectivity index (χ1n) is 5.76. The summed E-state index contributed by atoms with van der Waals surface area (Å²) in [6.45, 7) is 6.58. The van der Waals surface area contributed by atoms with Gasteiger partial charge in [-0.1, -0.05) is 6.07 Å². The number of carbonyl (C=O) groups excluding carboxylic acids is 1. The Bertz CT molecular complexity index is 402. The van der Waals surface area contributed by atoms with Crippen LogP contribution in [0.3, 0.4) is 0 Å². The van der Waals surface area contributed by atoms with Crippen LogP contribution in [0.5, 0.6) is 5.75 Å². The highest BCUT2D eigenvalue weighted by Crippen LogP contribution is 2.26. The van der Waals surface area contributed by atoms with Crippen LogP contribution in [0.15, 0.2) is 18.2 Å². The molecule has 2 N–H and O–H groups in total. The first-order valence-corrected chi connectivity index (χ1v) is 5.76. The topological polar surface area (TPSA) is 55.6 Å². The van der Waals surface area contributed by atoms with Crippen LogP contribution in [-0.4, -0.2) is 30.5 Å². The van der Waals surface area contributed by atoms with Gasteiger partial charge in [0.1, 0.15) is 5.75 Å². The largest absolute Gasteiger partial charge is 0.495 e. The van der Waals surface area contributed by atoms with Crippen molar-refractivity contribution in [3.05, 3.63) is 23.8 Å². The molecular formula is C13H20N2O2. The van der Waals surface area contributed by atoms with Gasteiger partial charge in [-0.3, -0.25) is 4.79 Å². The van der Waals surface area contributed by atoms with Gasteiger partial charge in [0.15, 0.2) is 0 Å². The normalized spacial score (nSPS) is 10.4. The first kappa shape index (κ1) is 13.4. The summed E-state index contributed by atoms with van der Waals surface area (Å²) in [7, 11) is 1.54. The van der Waals surface area contributed by atoms with Gasteiger partial charge in [0.2, 0.25) is 0 Å². The van der Waals surface area contributed by atoms with Crippen LogP contribution in [0, 0.1) is 0 Å². The maximum atomic E-state index is 12.3. The molecule has 0 aliphatic rings. The van der Waals surface area contributed by atoms with Gasteiger partial charge < -0.3 is 15.4 Å². The average Bonchev–Trinajstić information content (AvgIpc) is 2.29. The standard InChI is InChI=1S/C13H20N2O2/c1-5-15(9(2)3)13(16)10-7-6-8-11(17-4)12(10)14/h6-9H,5,14H2,1-4H3. The van der Waals surface area contributed by atoms with Crippen LogP contribution in [0.25, 0.3) is 0 Å².